The van der Waals surface area contributed by atoms with Crippen molar-refractivity contribution in [1.29, 1.82) is 0 Å². The van der Waals surface area contributed by atoms with Gasteiger partial charge in [-0.25, -0.2) is 9.67 Å². The first-order valence-electron chi connectivity index (χ1n) is 7.48. The molecule has 5 nitrogen and oxygen atoms in total. The Morgan fingerprint density at radius 2 is 2.18 bits per heavy atom. The second-order valence-corrected chi connectivity index (χ2v) is 6.47. The lowest BCUT2D eigenvalue weighted by atomic mass is 10.2. The van der Waals surface area contributed by atoms with Crippen molar-refractivity contribution in [2.45, 2.75) is 32.7 Å². The molecule has 114 valence electrons. The minimum atomic E-state index is 0.0752. The lowest BCUT2D eigenvalue weighted by Crippen LogP contribution is -2.09. The van der Waals surface area contributed by atoms with Gasteiger partial charge in [0, 0.05) is 5.56 Å². The molecule has 0 amide bonds. The number of nitrogens with one attached hydrogen (secondary N) is 1. The summed E-state index contributed by atoms with van der Waals surface area (Å²) in [6, 6.07) is 5.47. The van der Waals surface area contributed by atoms with Gasteiger partial charge in [0.05, 0.1) is 16.8 Å². The third-order valence-electron chi connectivity index (χ3n) is 4.43. The molecule has 1 saturated carbocycles. The molecule has 0 spiro atoms. The Morgan fingerprint density at radius 3 is 2.86 bits per heavy atom. The molecule has 22 heavy (non-hydrogen) atoms. The molecule has 0 unspecified atom stereocenters. The maximum Gasteiger partial charge on any atom is 0.177 e. The zero-order chi connectivity index (χ0) is 15.4. The summed E-state index contributed by atoms with van der Waals surface area (Å²) in [5, 5.41) is 14.5. The summed E-state index contributed by atoms with van der Waals surface area (Å²) in [4.78, 5) is 8.04. The predicted molar refractivity (Wildman–Crippen MR) is 86.2 cm³/mol. The molecule has 4 rings (SSSR count). The van der Waals surface area contributed by atoms with Crippen LogP contribution in [0.2, 0.25) is 5.02 Å². The first-order chi connectivity index (χ1) is 10.5. The molecule has 3 aromatic rings. The standard InChI is InChI=1S/C16H17ClN4O/c1-8-14-16(21(20-8)9(2)10-3-4-10)19-15(18-14)11-5-6-13(22)12(17)7-11/h5-7,9-10,22H,3-4H2,1-2H3,(H,18,19)/t9-/m1/s1. The Kier molecular flexibility index (Phi) is 2.94. The number of aromatic amines is 1. The highest BCUT2D eigenvalue weighted by molar-refractivity contribution is 6.32. The molecule has 1 atom stereocenters. The molecule has 0 aliphatic heterocycles. The van der Waals surface area contributed by atoms with Gasteiger partial charge in [0.25, 0.3) is 0 Å². The van der Waals surface area contributed by atoms with Gasteiger partial charge in [-0.3, -0.25) is 0 Å². The quantitative estimate of drug-likeness (QED) is 0.765. The Balaban J connectivity index is 1.83. The number of phenols is 1. The number of aromatic hydroxyl groups is 1. The second kappa shape index (κ2) is 4.74. The van der Waals surface area contributed by atoms with E-state index in [2.05, 4.69) is 17.0 Å². The Hall–Kier alpha value is -2.01. The Bertz CT molecular complexity index is 863. The molecule has 0 radical (unpaired) electrons. The number of aryl methyl sites for hydroxylation is 1. The van der Waals surface area contributed by atoms with Crippen LogP contribution in [0.4, 0.5) is 0 Å². The summed E-state index contributed by atoms with van der Waals surface area (Å²) in [6.07, 6.45) is 2.54. The number of benzene rings is 1. The van der Waals surface area contributed by atoms with Gasteiger partial charge < -0.3 is 10.1 Å². The van der Waals surface area contributed by atoms with Gasteiger partial charge in [-0.2, -0.15) is 5.10 Å². The molecule has 1 aliphatic rings. The van der Waals surface area contributed by atoms with E-state index >= 15 is 0 Å². The number of nitrogens with zero attached hydrogens (tertiary/aromatic N) is 3. The maximum atomic E-state index is 9.54. The van der Waals surface area contributed by atoms with Crippen LogP contribution in [-0.4, -0.2) is 24.9 Å². The average Bonchev–Trinajstić information content (AvgIpc) is 3.18. The van der Waals surface area contributed by atoms with Crippen LogP contribution in [0.25, 0.3) is 22.6 Å². The third kappa shape index (κ3) is 2.08. The van der Waals surface area contributed by atoms with E-state index in [1.807, 2.05) is 11.6 Å². The fourth-order valence-electron chi connectivity index (χ4n) is 2.89. The van der Waals surface area contributed by atoms with Crippen LogP contribution in [0.5, 0.6) is 5.75 Å². The maximum absolute atomic E-state index is 9.54. The van der Waals surface area contributed by atoms with Gasteiger partial charge in [-0.1, -0.05) is 11.6 Å². The van der Waals surface area contributed by atoms with Crippen LogP contribution in [0, 0.1) is 12.8 Å². The molecular weight excluding hydrogens is 300 g/mol. The smallest absolute Gasteiger partial charge is 0.177 e. The van der Waals surface area contributed by atoms with Crippen molar-refractivity contribution in [2.75, 3.05) is 0 Å². The van der Waals surface area contributed by atoms with Gasteiger partial charge >= 0.3 is 0 Å². The van der Waals surface area contributed by atoms with Crippen molar-refractivity contribution in [3.63, 3.8) is 0 Å². The largest absolute Gasteiger partial charge is 0.506 e. The Morgan fingerprint density at radius 1 is 1.41 bits per heavy atom. The summed E-state index contributed by atoms with van der Waals surface area (Å²) >= 11 is 5.99. The van der Waals surface area contributed by atoms with Crippen LogP contribution in [0.15, 0.2) is 18.2 Å². The van der Waals surface area contributed by atoms with E-state index in [0.29, 0.717) is 17.0 Å². The topological polar surface area (TPSA) is 66.7 Å². The minimum Gasteiger partial charge on any atom is -0.506 e. The van der Waals surface area contributed by atoms with Crippen molar-refractivity contribution in [3.8, 4) is 17.1 Å². The number of fused-ring (bicyclic) bond motifs is 1. The summed E-state index contributed by atoms with van der Waals surface area (Å²) < 4.78 is 2.03. The average molecular weight is 317 g/mol. The van der Waals surface area contributed by atoms with E-state index in [1.165, 1.54) is 12.8 Å². The van der Waals surface area contributed by atoms with E-state index in [0.717, 1.165) is 28.2 Å². The fourth-order valence-corrected chi connectivity index (χ4v) is 3.07. The third-order valence-corrected chi connectivity index (χ3v) is 4.74. The lowest BCUT2D eigenvalue weighted by Gasteiger charge is -2.10. The first-order valence-corrected chi connectivity index (χ1v) is 7.86. The van der Waals surface area contributed by atoms with Crippen LogP contribution in [0.1, 0.15) is 31.5 Å². The molecule has 2 N–H and O–H groups in total. The van der Waals surface area contributed by atoms with E-state index < -0.39 is 0 Å². The number of H-pyrrole nitrogens is 1. The molecule has 6 heteroatoms. The highest BCUT2D eigenvalue weighted by Gasteiger charge is 2.31. The number of phenolic OH excluding ortho intramolecular Hbond substituents is 1. The number of aromatic nitrogens is 4. The lowest BCUT2D eigenvalue weighted by molar-refractivity contribution is 0.449. The van der Waals surface area contributed by atoms with Crippen molar-refractivity contribution in [1.82, 2.24) is 19.7 Å². The minimum absolute atomic E-state index is 0.0752. The molecule has 2 heterocycles. The fraction of sp³-hybridized carbons (Fsp3) is 0.375. The Labute approximate surface area is 132 Å². The number of halogens is 1. The van der Waals surface area contributed by atoms with E-state index in [-0.39, 0.29) is 5.75 Å². The molecule has 0 bridgehead atoms. The van der Waals surface area contributed by atoms with E-state index in [9.17, 15) is 5.11 Å². The van der Waals surface area contributed by atoms with Gasteiger partial charge in [0.15, 0.2) is 5.65 Å². The van der Waals surface area contributed by atoms with Crippen LogP contribution in [0.3, 0.4) is 0 Å². The van der Waals surface area contributed by atoms with Crippen molar-refractivity contribution in [2.24, 2.45) is 5.92 Å². The highest BCUT2D eigenvalue weighted by atomic mass is 35.5. The number of hydrogen-bond donors (Lipinski definition) is 2. The van der Waals surface area contributed by atoms with Gasteiger partial charge in [0.1, 0.15) is 17.1 Å². The van der Waals surface area contributed by atoms with Crippen molar-refractivity contribution < 1.29 is 5.11 Å². The zero-order valence-electron chi connectivity index (χ0n) is 12.5. The van der Waals surface area contributed by atoms with Crippen LogP contribution < -0.4 is 0 Å². The molecule has 1 aliphatic carbocycles. The van der Waals surface area contributed by atoms with Gasteiger partial charge in [0.2, 0.25) is 0 Å². The van der Waals surface area contributed by atoms with Crippen molar-refractivity contribution >= 4 is 22.8 Å². The SMILES string of the molecule is Cc1nn([C@H](C)C2CC2)c2nc(-c3ccc(O)c(Cl)c3)[nH]c12. The second-order valence-electron chi connectivity index (χ2n) is 6.06. The van der Waals surface area contributed by atoms with Crippen LogP contribution >= 0.6 is 11.6 Å². The van der Waals surface area contributed by atoms with Gasteiger partial charge in [-0.05, 0) is 50.8 Å². The highest BCUT2D eigenvalue weighted by Crippen LogP contribution is 2.40. The summed E-state index contributed by atoms with van der Waals surface area (Å²) in [5.41, 5.74) is 3.65. The number of hydrogen-bond acceptors (Lipinski definition) is 3. The zero-order valence-corrected chi connectivity index (χ0v) is 13.2. The summed E-state index contributed by atoms with van der Waals surface area (Å²) in [7, 11) is 0. The number of imidazole rings is 1. The molecule has 0 saturated heterocycles. The molecular formula is C16H17ClN4O. The van der Waals surface area contributed by atoms with E-state index in [1.54, 1.807) is 18.2 Å². The van der Waals surface area contributed by atoms with Gasteiger partial charge in [-0.15, -0.1) is 0 Å². The number of rotatable bonds is 3. The molecule has 1 fully saturated rings. The molecule has 1 aromatic carbocycles. The van der Waals surface area contributed by atoms with E-state index in [4.69, 9.17) is 16.6 Å². The molecule has 2 aromatic heterocycles. The normalized spacial score (nSPS) is 16.3. The predicted octanol–water partition coefficient (Wildman–Crippen LogP) is 4.06. The first kappa shape index (κ1) is 13.6. The van der Waals surface area contributed by atoms with Crippen LogP contribution in [-0.2, 0) is 0 Å². The van der Waals surface area contributed by atoms with Crippen molar-refractivity contribution in [3.05, 3.63) is 28.9 Å². The monoisotopic (exact) mass is 316 g/mol. The summed E-state index contributed by atoms with van der Waals surface area (Å²) in [6.45, 7) is 4.19. The summed E-state index contributed by atoms with van der Waals surface area (Å²) in [5.74, 6) is 1.53.